The van der Waals surface area contributed by atoms with Gasteiger partial charge in [-0.05, 0) is 36.2 Å². The molecular weight excluding hydrogens is 364 g/mol. The number of benzene rings is 1. The van der Waals surface area contributed by atoms with E-state index in [2.05, 4.69) is 10.1 Å². The summed E-state index contributed by atoms with van der Waals surface area (Å²) in [4.78, 5) is 4.61. The first-order chi connectivity index (χ1) is 12.9. The third kappa shape index (κ3) is 3.03. The van der Waals surface area contributed by atoms with E-state index in [1.54, 1.807) is 41.3 Å². The smallest absolute Gasteiger partial charge is 0.243 e. The molecule has 4 rings (SSSR count). The summed E-state index contributed by atoms with van der Waals surface area (Å²) in [6.45, 7) is 2.46. The number of aliphatic hydroxyl groups is 1. The molecule has 2 aromatic heterocycles. The van der Waals surface area contributed by atoms with Crippen molar-refractivity contribution >= 4 is 20.9 Å². The molecule has 0 unspecified atom stereocenters. The van der Waals surface area contributed by atoms with E-state index in [0.29, 0.717) is 17.4 Å². The first kappa shape index (κ1) is 18.1. The van der Waals surface area contributed by atoms with Crippen molar-refractivity contribution in [2.75, 3.05) is 19.7 Å². The fraction of sp³-hybridized carbons (Fsp3) is 0.368. The van der Waals surface area contributed by atoms with Gasteiger partial charge in [-0.15, -0.1) is 0 Å². The van der Waals surface area contributed by atoms with E-state index < -0.39 is 10.0 Å². The summed E-state index contributed by atoms with van der Waals surface area (Å²) in [6.07, 6.45) is 5.30. The van der Waals surface area contributed by atoms with E-state index in [4.69, 9.17) is 0 Å². The van der Waals surface area contributed by atoms with E-state index in [1.165, 1.54) is 4.31 Å². The second-order valence-electron chi connectivity index (χ2n) is 7.10. The predicted octanol–water partition coefficient (Wildman–Crippen LogP) is 1.67. The number of hydrogen-bond donors (Lipinski definition) is 1. The highest BCUT2D eigenvalue weighted by Crippen LogP contribution is 2.36. The van der Waals surface area contributed by atoms with Gasteiger partial charge in [0, 0.05) is 56.4 Å². The number of fused-ring (bicyclic) bond motifs is 1. The Bertz CT molecular complexity index is 1090. The summed E-state index contributed by atoms with van der Waals surface area (Å²) in [5.74, 6) is -0.230. The molecule has 0 radical (unpaired) electrons. The number of sulfonamides is 1. The van der Waals surface area contributed by atoms with Crippen LogP contribution in [0.15, 0.2) is 47.8 Å². The number of aryl methyl sites for hydroxylation is 2. The van der Waals surface area contributed by atoms with Crippen molar-refractivity contribution < 1.29 is 13.5 Å². The number of pyridine rings is 1. The minimum atomic E-state index is -3.70. The molecule has 0 bridgehead atoms. The van der Waals surface area contributed by atoms with Gasteiger partial charge >= 0.3 is 0 Å². The van der Waals surface area contributed by atoms with Gasteiger partial charge in [-0.2, -0.15) is 9.40 Å². The number of hydrogen-bond acceptors (Lipinski definition) is 5. The van der Waals surface area contributed by atoms with E-state index in [1.807, 2.05) is 20.2 Å². The van der Waals surface area contributed by atoms with Crippen LogP contribution in [0.3, 0.4) is 0 Å². The van der Waals surface area contributed by atoms with Gasteiger partial charge in [0.1, 0.15) is 0 Å². The topological polar surface area (TPSA) is 88.3 Å². The van der Waals surface area contributed by atoms with Gasteiger partial charge in [-0.1, -0.05) is 6.07 Å². The first-order valence-corrected chi connectivity index (χ1v) is 10.3. The van der Waals surface area contributed by atoms with Crippen LogP contribution >= 0.6 is 0 Å². The van der Waals surface area contributed by atoms with Gasteiger partial charge in [0.05, 0.1) is 16.6 Å². The molecule has 1 N–H and O–H groups in total. The molecule has 1 aromatic carbocycles. The van der Waals surface area contributed by atoms with Crippen molar-refractivity contribution in [3.8, 4) is 0 Å². The predicted molar refractivity (Wildman–Crippen MR) is 102 cm³/mol. The van der Waals surface area contributed by atoms with Crippen LogP contribution in [0.4, 0.5) is 0 Å². The third-order valence-electron chi connectivity index (χ3n) is 5.34. The van der Waals surface area contributed by atoms with Crippen LogP contribution in [0.1, 0.15) is 17.0 Å². The van der Waals surface area contributed by atoms with Crippen molar-refractivity contribution in [1.29, 1.82) is 0 Å². The van der Waals surface area contributed by atoms with E-state index >= 15 is 0 Å². The van der Waals surface area contributed by atoms with Crippen molar-refractivity contribution in [3.05, 3.63) is 54.0 Å². The Morgan fingerprint density at radius 3 is 2.78 bits per heavy atom. The minimum absolute atomic E-state index is 0.0677. The summed E-state index contributed by atoms with van der Waals surface area (Å²) >= 11 is 0. The van der Waals surface area contributed by atoms with Crippen LogP contribution in [-0.4, -0.2) is 52.3 Å². The lowest BCUT2D eigenvalue weighted by Crippen LogP contribution is -2.29. The second-order valence-corrected chi connectivity index (χ2v) is 9.01. The molecule has 142 valence electrons. The monoisotopic (exact) mass is 386 g/mol. The van der Waals surface area contributed by atoms with Crippen molar-refractivity contribution in [2.45, 2.75) is 17.7 Å². The van der Waals surface area contributed by atoms with Crippen molar-refractivity contribution in [1.82, 2.24) is 19.1 Å². The molecule has 1 aliphatic rings. The van der Waals surface area contributed by atoms with Crippen LogP contribution in [0.5, 0.6) is 0 Å². The second kappa shape index (κ2) is 6.70. The Morgan fingerprint density at radius 2 is 2.07 bits per heavy atom. The molecular formula is C19H22N4O3S. The van der Waals surface area contributed by atoms with Gasteiger partial charge in [0.15, 0.2) is 0 Å². The highest BCUT2D eigenvalue weighted by molar-refractivity contribution is 7.89. The zero-order valence-corrected chi connectivity index (χ0v) is 16.1. The van der Waals surface area contributed by atoms with Crippen molar-refractivity contribution in [3.63, 3.8) is 0 Å². The zero-order chi connectivity index (χ0) is 19.2. The lowest BCUT2D eigenvalue weighted by atomic mass is 9.92. The molecule has 8 heteroatoms. The maximum absolute atomic E-state index is 13.4. The van der Waals surface area contributed by atoms with Crippen LogP contribution in [0.25, 0.3) is 10.9 Å². The molecule has 1 aliphatic heterocycles. The lowest BCUT2D eigenvalue weighted by molar-refractivity contribution is 0.223. The van der Waals surface area contributed by atoms with Gasteiger partial charge in [-0.3, -0.25) is 9.67 Å². The van der Waals surface area contributed by atoms with Crippen LogP contribution in [-0.2, 0) is 17.1 Å². The van der Waals surface area contributed by atoms with E-state index in [-0.39, 0.29) is 29.9 Å². The largest absolute Gasteiger partial charge is 0.396 e. The average molecular weight is 386 g/mol. The van der Waals surface area contributed by atoms with E-state index in [9.17, 15) is 13.5 Å². The molecule has 1 saturated heterocycles. The first-order valence-electron chi connectivity index (χ1n) is 8.85. The van der Waals surface area contributed by atoms with Gasteiger partial charge in [0.2, 0.25) is 10.0 Å². The van der Waals surface area contributed by atoms with Gasteiger partial charge < -0.3 is 5.11 Å². The number of aliphatic hydroxyl groups excluding tert-OH is 1. The highest BCUT2D eigenvalue weighted by atomic mass is 32.2. The summed E-state index contributed by atoms with van der Waals surface area (Å²) in [5, 5.41) is 14.6. The van der Waals surface area contributed by atoms with Crippen LogP contribution in [0, 0.1) is 12.8 Å². The molecule has 0 amide bonds. The molecule has 1 fully saturated rings. The molecule has 3 heterocycles. The zero-order valence-electron chi connectivity index (χ0n) is 15.3. The summed E-state index contributed by atoms with van der Waals surface area (Å²) in [7, 11) is -1.88. The highest BCUT2D eigenvalue weighted by Gasteiger charge is 2.40. The number of rotatable bonds is 4. The normalized spacial score (nSPS) is 21.1. The Hall–Kier alpha value is -2.29. The maximum atomic E-state index is 13.4. The SMILES string of the molecule is Cc1ccc(S(=O)(=O)N2C[C@@H](CO)[C@H](c3cnn(C)c3)C2)c2cccnc12. The van der Waals surface area contributed by atoms with E-state index in [0.717, 1.165) is 11.1 Å². The van der Waals surface area contributed by atoms with Gasteiger partial charge in [0.25, 0.3) is 0 Å². The van der Waals surface area contributed by atoms with Crippen LogP contribution < -0.4 is 0 Å². The number of aromatic nitrogens is 3. The fourth-order valence-corrected chi connectivity index (χ4v) is 5.58. The third-order valence-corrected chi connectivity index (χ3v) is 7.23. The summed E-state index contributed by atoms with van der Waals surface area (Å²) < 4.78 is 30.0. The molecule has 7 nitrogen and oxygen atoms in total. The molecule has 0 spiro atoms. The quantitative estimate of drug-likeness (QED) is 0.737. The Morgan fingerprint density at radius 1 is 1.26 bits per heavy atom. The molecule has 0 saturated carbocycles. The Kier molecular flexibility index (Phi) is 4.49. The standard InChI is InChI=1S/C19H22N4O3S/c1-13-5-6-18(16-4-3-7-20-19(13)16)27(25,26)23-10-15(12-24)17(11-23)14-8-21-22(2)9-14/h3-9,15,17,24H,10-12H2,1-2H3/t15-,17-/m0/s1. The molecule has 27 heavy (non-hydrogen) atoms. The van der Waals surface area contributed by atoms with Crippen molar-refractivity contribution in [2.24, 2.45) is 13.0 Å². The van der Waals surface area contributed by atoms with Gasteiger partial charge in [-0.25, -0.2) is 8.42 Å². The maximum Gasteiger partial charge on any atom is 0.243 e. The molecule has 0 aliphatic carbocycles. The Labute approximate surface area is 158 Å². The number of nitrogens with zero attached hydrogens (tertiary/aromatic N) is 4. The lowest BCUT2D eigenvalue weighted by Gasteiger charge is -2.18. The van der Waals surface area contributed by atoms with Crippen LogP contribution in [0.2, 0.25) is 0 Å². The minimum Gasteiger partial charge on any atom is -0.396 e. The Balaban J connectivity index is 1.74. The summed E-state index contributed by atoms with van der Waals surface area (Å²) in [5.41, 5.74) is 2.58. The summed E-state index contributed by atoms with van der Waals surface area (Å²) in [6, 6.07) is 6.99. The fourth-order valence-electron chi connectivity index (χ4n) is 3.87. The molecule has 3 aromatic rings. The molecule has 2 atom stereocenters. The average Bonchev–Trinajstić information content (AvgIpc) is 3.28.